The largest absolute Gasteiger partial charge is 0.347 e. The zero-order valence-electron chi connectivity index (χ0n) is 17.8. The number of rotatable bonds is 5. The standard InChI is InChI=1S/C23H21N5O3S/c1-15-21(32(30,31)19-9-7-16(12-24)8-10-19)11-20(27(15)2)23(29)25-13-17-5-4-6-18-14-26-28(3)22(17)18/h4-11,14H,13H2,1-3H3,(H,25,29). The third-order valence-corrected chi connectivity index (χ3v) is 7.47. The van der Waals surface area contributed by atoms with E-state index in [0.29, 0.717) is 11.3 Å². The number of nitrogens with zero attached hydrogens (tertiary/aromatic N) is 4. The number of hydrogen-bond acceptors (Lipinski definition) is 5. The van der Waals surface area contributed by atoms with Crippen LogP contribution >= 0.6 is 0 Å². The lowest BCUT2D eigenvalue weighted by Gasteiger charge is -2.09. The Hall–Kier alpha value is -3.90. The van der Waals surface area contributed by atoms with Gasteiger partial charge in [-0.2, -0.15) is 10.4 Å². The number of hydrogen-bond donors (Lipinski definition) is 1. The molecule has 9 heteroatoms. The normalized spacial score (nSPS) is 11.4. The fourth-order valence-corrected chi connectivity index (χ4v) is 5.26. The number of aryl methyl sites for hydroxylation is 1. The Balaban J connectivity index is 1.62. The molecule has 162 valence electrons. The number of carbonyl (C=O) groups excluding carboxylic acids is 1. The van der Waals surface area contributed by atoms with E-state index in [1.807, 2.05) is 31.3 Å². The quantitative estimate of drug-likeness (QED) is 0.506. The van der Waals surface area contributed by atoms with Crippen molar-refractivity contribution in [1.82, 2.24) is 19.7 Å². The first-order valence-electron chi connectivity index (χ1n) is 9.83. The predicted octanol–water partition coefficient (Wildman–Crippen LogP) is 2.85. The van der Waals surface area contributed by atoms with Crippen LogP contribution in [0, 0.1) is 18.3 Å². The van der Waals surface area contributed by atoms with Crippen LogP contribution in [-0.4, -0.2) is 28.7 Å². The van der Waals surface area contributed by atoms with Gasteiger partial charge in [0.1, 0.15) is 5.69 Å². The minimum absolute atomic E-state index is 0.0589. The molecule has 2 aromatic heterocycles. The number of nitriles is 1. The second kappa shape index (κ2) is 7.98. The van der Waals surface area contributed by atoms with Crippen molar-refractivity contribution in [2.45, 2.75) is 23.3 Å². The fraction of sp³-hybridized carbons (Fsp3) is 0.174. The summed E-state index contributed by atoms with van der Waals surface area (Å²) in [4.78, 5) is 13.1. The van der Waals surface area contributed by atoms with Gasteiger partial charge in [0.15, 0.2) is 0 Å². The highest BCUT2D eigenvalue weighted by atomic mass is 32.2. The summed E-state index contributed by atoms with van der Waals surface area (Å²) in [5.41, 5.74) is 2.91. The average molecular weight is 448 g/mol. The molecule has 0 saturated heterocycles. The summed E-state index contributed by atoms with van der Waals surface area (Å²) in [5.74, 6) is -0.379. The van der Waals surface area contributed by atoms with Crippen molar-refractivity contribution in [3.63, 3.8) is 0 Å². The Morgan fingerprint density at radius 1 is 1.16 bits per heavy atom. The van der Waals surface area contributed by atoms with Crippen molar-refractivity contribution in [3.8, 4) is 6.07 Å². The zero-order chi connectivity index (χ0) is 23.0. The summed E-state index contributed by atoms with van der Waals surface area (Å²) in [5, 5.41) is 17.0. The molecule has 1 N–H and O–H groups in total. The summed E-state index contributed by atoms with van der Waals surface area (Å²) in [6.45, 7) is 1.93. The first-order chi connectivity index (χ1) is 15.2. The molecule has 0 aliphatic rings. The van der Waals surface area contributed by atoms with Crippen molar-refractivity contribution >= 4 is 26.6 Å². The Bertz CT molecular complexity index is 1490. The molecule has 0 atom stereocenters. The first-order valence-corrected chi connectivity index (χ1v) is 11.3. The zero-order valence-corrected chi connectivity index (χ0v) is 18.6. The molecule has 4 rings (SSSR count). The second-order valence-electron chi connectivity index (χ2n) is 7.48. The minimum atomic E-state index is -3.85. The smallest absolute Gasteiger partial charge is 0.268 e. The van der Waals surface area contributed by atoms with Crippen molar-refractivity contribution in [3.05, 3.63) is 77.2 Å². The number of benzene rings is 2. The highest BCUT2D eigenvalue weighted by molar-refractivity contribution is 7.91. The molecule has 0 aliphatic carbocycles. The molecule has 1 amide bonds. The Morgan fingerprint density at radius 2 is 1.88 bits per heavy atom. The van der Waals surface area contributed by atoms with Crippen molar-refractivity contribution in [1.29, 1.82) is 5.26 Å². The van der Waals surface area contributed by atoms with Crippen LogP contribution in [0.2, 0.25) is 0 Å². The molecular formula is C23H21N5O3S. The van der Waals surface area contributed by atoms with Gasteiger partial charge in [0.25, 0.3) is 5.91 Å². The molecule has 32 heavy (non-hydrogen) atoms. The molecular weight excluding hydrogens is 426 g/mol. The lowest BCUT2D eigenvalue weighted by molar-refractivity contribution is 0.0942. The summed E-state index contributed by atoms with van der Waals surface area (Å²) in [7, 11) is -0.347. The van der Waals surface area contributed by atoms with E-state index in [1.54, 1.807) is 29.4 Å². The molecule has 0 fully saturated rings. The third kappa shape index (κ3) is 3.55. The minimum Gasteiger partial charge on any atom is -0.347 e. The van der Waals surface area contributed by atoms with Gasteiger partial charge in [-0.1, -0.05) is 18.2 Å². The average Bonchev–Trinajstić information content (AvgIpc) is 3.32. The number of fused-ring (bicyclic) bond motifs is 1. The number of carbonyl (C=O) groups is 1. The van der Waals surface area contributed by atoms with Crippen LogP contribution in [0.4, 0.5) is 0 Å². The van der Waals surface area contributed by atoms with E-state index in [1.165, 1.54) is 30.3 Å². The van der Waals surface area contributed by atoms with Gasteiger partial charge in [-0.15, -0.1) is 0 Å². The predicted molar refractivity (Wildman–Crippen MR) is 119 cm³/mol. The van der Waals surface area contributed by atoms with Crippen LogP contribution in [-0.2, 0) is 30.5 Å². The summed E-state index contributed by atoms with van der Waals surface area (Å²) >= 11 is 0. The van der Waals surface area contributed by atoms with E-state index in [0.717, 1.165) is 16.5 Å². The van der Waals surface area contributed by atoms with E-state index in [4.69, 9.17) is 5.26 Å². The van der Waals surface area contributed by atoms with Crippen molar-refractivity contribution in [2.75, 3.05) is 0 Å². The van der Waals surface area contributed by atoms with Crippen molar-refractivity contribution in [2.24, 2.45) is 14.1 Å². The van der Waals surface area contributed by atoms with Gasteiger partial charge in [0.2, 0.25) is 9.84 Å². The Labute approximate surface area is 185 Å². The lowest BCUT2D eigenvalue weighted by atomic mass is 10.1. The van der Waals surface area contributed by atoms with E-state index in [9.17, 15) is 13.2 Å². The van der Waals surface area contributed by atoms with Gasteiger partial charge >= 0.3 is 0 Å². The van der Waals surface area contributed by atoms with Crippen LogP contribution in [0.5, 0.6) is 0 Å². The maximum absolute atomic E-state index is 13.1. The highest BCUT2D eigenvalue weighted by Crippen LogP contribution is 2.27. The molecule has 2 aromatic carbocycles. The van der Waals surface area contributed by atoms with E-state index in [2.05, 4.69) is 10.4 Å². The molecule has 0 bridgehead atoms. The molecule has 0 aliphatic heterocycles. The number of sulfone groups is 1. The molecule has 0 saturated carbocycles. The number of para-hydroxylation sites is 1. The number of nitrogens with one attached hydrogen (secondary N) is 1. The monoisotopic (exact) mass is 447 g/mol. The fourth-order valence-electron chi connectivity index (χ4n) is 3.72. The van der Waals surface area contributed by atoms with Crippen LogP contribution in [0.25, 0.3) is 10.9 Å². The maximum Gasteiger partial charge on any atom is 0.268 e. The van der Waals surface area contributed by atoms with Crippen LogP contribution < -0.4 is 5.32 Å². The molecule has 2 heterocycles. The van der Waals surface area contributed by atoms with Gasteiger partial charge in [0, 0.05) is 31.7 Å². The van der Waals surface area contributed by atoms with Crippen molar-refractivity contribution < 1.29 is 13.2 Å². The number of aromatic nitrogens is 3. The maximum atomic E-state index is 13.1. The van der Waals surface area contributed by atoms with Crippen LogP contribution in [0.3, 0.4) is 0 Å². The van der Waals surface area contributed by atoms with Crippen LogP contribution in [0.1, 0.15) is 27.3 Å². The van der Waals surface area contributed by atoms with E-state index in [-0.39, 0.29) is 27.9 Å². The van der Waals surface area contributed by atoms with E-state index >= 15 is 0 Å². The molecule has 0 spiro atoms. The van der Waals surface area contributed by atoms with E-state index < -0.39 is 9.84 Å². The molecule has 0 unspecified atom stereocenters. The Kier molecular flexibility index (Phi) is 5.32. The third-order valence-electron chi connectivity index (χ3n) is 5.59. The van der Waals surface area contributed by atoms with Gasteiger partial charge < -0.3 is 9.88 Å². The van der Waals surface area contributed by atoms with Gasteiger partial charge in [-0.25, -0.2) is 8.42 Å². The van der Waals surface area contributed by atoms with Gasteiger partial charge in [-0.3, -0.25) is 9.48 Å². The SMILES string of the molecule is Cc1c(S(=O)(=O)c2ccc(C#N)cc2)cc(C(=O)NCc2cccc3cnn(C)c23)n1C. The van der Waals surface area contributed by atoms with Crippen LogP contribution in [0.15, 0.2) is 64.5 Å². The highest BCUT2D eigenvalue weighted by Gasteiger charge is 2.26. The van der Waals surface area contributed by atoms with Gasteiger partial charge in [-0.05, 0) is 42.8 Å². The molecule has 4 aromatic rings. The Morgan fingerprint density at radius 3 is 2.56 bits per heavy atom. The topological polar surface area (TPSA) is 110 Å². The lowest BCUT2D eigenvalue weighted by Crippen LogP contribution is -2.25. The molecule has 0 radical (unpaired) electrons. The second-order valence-corrected chi connectivity index (χ2v) is 9.40. The molecule has 8 nitrogen and oxygen atoms in total. The van der Waals surface area contributed by atoms with Gasteiger partial charge in [0.05, 0.1) is 33.1 Å². The summed E-state index contributed by atoms with van der Waals surface area (Å²) < 4.78 is 29.6. The summed E-state index contributed by atoms with van der Waals surface area (Å²) in [6, 6.07) is 14.8. The summed E-state index contributed by atoms with van der Waals surface area (Å²) in [6.07, 6.45) is 1.77. The first kappa shape index (κ1) is 21.3. The number of amides is 1.